The summed E-state index contributed by atoms with van der Waals surface area (Å²) in [7, 11) is 0. The predicted molar refractivity (Wildman–Crippen MR) is 102 cm³/mol. The first-order chi connectivity index (χ1) is 10.7. The van der Waals surface area contributed by atoms with Crippen LogP contribution in [-0.2, 0) is 4.74 Å². The number of hydrogen-bond donors (Lipinski definition) is 0. The molecular weight excluding hydrogens is 399 g/mol. The summed E-state index contributed by atoms with van der Waals surface area (Å²) < 4.78 is 9.41. The molecule has 0 rings (SSSR count). The maximum atomic E-state index is 11.8. The van der Waals surface area contributed by atoms with Gasteiger partial charge in [0.25, 0.3) is 0 Å². The van der Waals surface area contributed by atoms with Gasteiger partial charge in [-0.2, -0.15) is 0 Å². The molecule has 0 unspecified atom stereocenters. The van der Waals surface area contributed by atoms with E-state index in [0.29, 0.717) is 6.61 Å². The van der Waals surface area contributed by atoms with Gasteiger partial charge in [0.05, 0.1) is 0 Å². The molecule has 0 aliphatic rings. The molecule has 0 heterocycles. The van der Waals surface area contributed by atoms with Gasteiger partial charge in [-0.3, -0.25) is 0 Å². The van der Waals surface area contributed by atoms with Gasteiger partial charge in [0.2, 0.25) is 0 Å². The molecule has 22 heavy (non-hydrogen) atoms. The molecule has 0 aromatic rings. The van der Waals surface area contributed by atoms with Crippen LogP contribution >= 0.6 is 11.8 Å². The van der Waals surface area contributed by atoms with Crippen molar-refractivity contribution in [3.8, 4) is 0 Å². The van der Waals surface area contributed by atoms with Crippen molar-refractivity contribution in [3.63, 3.8) is 0 Å². The Bertz CT molecular complexity index is 241. The normalized spacial score (nSPS) is 10.7. The van der Waals surface area contributed by atoms with Crippen molar-refractivity contribution in [3.05, 3.63) is 0 Å². The van der Waals surface area contributed by atoms with Crippen LogP contribution in [0.1, 0.15) is 85.0 Å². The first-order valence-electron chi connectivity index (χ1n) is 9.37. The zero-order valence-corrected chi connectivity index (χ0v) is 18.8. The number of rotatable bonds is 15. The molecule has 0 aromatic carbocycles. The monoisotopic (exact) mass is 437 g/mol. The van der Waals surface area contributed by atoms with E-state index in [4.69, 9.17) is 4.74 Å². The maximum absolute atomic E-state index is 11.8. The van der Waals surface area contributed by atoms with E-state index >= 15 is 0 Å². The summed E-state index contributed by atoms with van der Waals surface area (Å²) in [4.78, 5) is 11.8. The standard InChI is InChI=1S/C10H19O2S.2C4H9.Sn/c1-3-4-5-6-7-8-9-12-10(11)13-2;2*1-3-4-2;/h2-9H2,1H3;2*1,3-4H2,2H3;/q;;;+1. The third kappa shape index (κ3) is 15.5. The predicted octanol–water partition coefficient (Wildman–Crippen LogP) is 6.85. The molecule has 0 spiro atoms. The van der Waals surface area contributed by atoms with Crippen LogP contribution in [0.4, 0.5) is 4.79 Å². The molecule has 0 aromatic heterocycles. The Kier molecular flexibility index (Phi) is 18.5. The van der Waals surface area contributed by atoms with Crippen molar-refractivity contribution in [2.24, 2.45) is 0 Å². The van der Waals surface area contributed by atoms with Gasteiger partial charge in [0, 0.05) is 0 Å². The summed E-state index contributed by atoms with van der Waals surface area (Å²) in [5.41, 5.74) is 0. The Morgan fingerprint density at radius 3 is 1.95 bits per heavy atom. The Labute approximate surface area is 150 Å². The molecule has 0 aliphatic heterocycles. The third-order valence-electron chi connectivity index (χ3n) is 3.88. The number of carbonyl (C=O) groups excluding carboxylic acids is 1. The Hall–Kier alpha value is 0.619. The van der Waals surface area contributed by atoms with Crippen molar-refractivity contribution in [2.75, 3.05) is 10.4 Å². The van der Waals surface area contributed by atoms with Gasteiger partial charge in [-0.25, -0.2) is 0 Å². The topological polar surface area (TPSA) is 26.3 Å². The van der Waals surface area contributed by atoms with Crippen molar-refractivity contribution in [2.45, 2.75) is 93.9 Å². The van der Waals surface area contributed by atoms with Gasteiger partial charge in [-0.15, -0.1) is 0 Å². The van der Waals surface area contributed by atoms with Crippen molar-refractivity contribution < 1.29 is 9.53 Å². The molecule has 0 radical (unpaired) electrons. The second kappa shape index (κ2) is 18.0. The van der Waals surface area contributed by atoms with E-state index in [1.165, 1.54) is 78.4 Å². The summed E-state index contributed by atoms with van der Waals surface area (Å²) in [6, 6.07) is 0. The van der Waals surface area contributed by atoms with E-state index in [1.54, 1.807) is 0 Å². The third-order valence-corrected chi connectivity index (χ3v) is 15.6. The molecule has 0 saturated carbocycles. The van der Waals surface area contributed by atoms with Crippen LogP contribution in [0.3, 0.4) is 0 Å². The Morgan fingerprint density at radius 2 is 1.36 bits per heavy atom. The number of ether oxygens (including phenoxy) is 1. The van der Waals surface area contributed by atoms with Gasteiger partial charge in [-0.05, 0) is 0 Å². The van der Waals surface area contributed by atoms with Gasteiger partial charge >= 0.3 is 151 Å². The van der Waals surface area contributed by atoms with E-state index in [1.807, 2.05) is 0 Å². The second-order valence-electron chi connectivity index (χ2n) is 6.11. The quantitative estimate of drug-likeness (QED) is 0.160. The van der Waals surface area contributed by atoms with E-state index in [0.717, 1.165) is 10.2 Å². The Morgan fingerprint density at radius 1 is 0.818 bits per heavy atom. The number of hydrogen-bond acceptors (Lipinski definition) is 3. The van der Waals surface area contributed by atoms with E-state index < -0.39 is 19.8 Å². The molecule has 0 bridgehead atoms. The van der Waals surface area contributed by atoms with E-state index in [-0.39, 0.29) is 5.30 Å². The molecule has 0 N–H and O–H groups in total. The Balaban J connectivity index is 3.61. The van der Waals surface area contributed by atoms with Crippen LogP contribution in [0, 0.1) is 0 Å². The molecule has 0 aliphatic carbocycles. The molecule has 130 valence electrons. The van der Waals surface area contributed by atoms with Crippen molar-refractivity contribution >= 4 is 36.8 Å². The fraction of sp³-hybridized carbons (Fsp3) is 0.944. The molecule has 0 saturated heterocycles. The zero-order chi connectivity index (χ0) is 16.5. The minimum absolute atomic E-state index is 0.0142. The van der Waals surface area contributed by atoms with E-state index in [2.05, 4.69) is 20.8 Å². The number of carbonyl (C=O) groups is 1. The number of unbranched alkanes of at least 4 members (excludes halogenated alkanes) is 7. The summed E-state index contributed by atoms with van der Waals surface area (Å²) in [6.45, 7) is 7.39. The summed E-state index contributed by atoms with van der Waals surface area (Å²) >= 11 is 0.174. The van der Waals surface area contributed by atoms with Gasteiger partial charge in [-0.1, -0.05) is 0 Å². The van der Waals surface area contributed by atoms with Crippen LogP contribution < -0.4 is 0 Å². The second-order valence-corrected chi connectivity index (χ2v) is 16.6. The van der Waals surface area contributed by atoms with Crippen molar-refractivity contribution in [1.82, 2.24) is 0 Å². The summed E-state index contributed by atoms with van der Waals surface area (Å²) in [5.74, 6) is 0. The van der Waals surface area contributed by atoms with Crippen LogP contribution in [0.15, 0.2) is 0 Å². The first-order valence-corrected chi connectivity index (χ1v) is 16.4. The van der Waals surface area contributed by atoms with Gasteiger partial charge < -0.3 is 0 Å². The zero-order valence-electron chi connectivity index (χ0n) is 15.1. The fourth-order valence-electron chi connectivity index (χ4n) is 2.36. The molecule has 0 amide bonds. The molecule has 2 nitrogen and oxygen atoms in total. The molecule has 0 fully saturated rings. The molecule has 4 heteroatoms. The average Bonchev–Trinajstić information content (AvgIpc) is 2.53. The molecule has 0 atom stereocenters. The summed E-state index contributed by atoms with van der Waals surface area (Å²) in [6.07, 6.45) is 12.8. The van der Waals surface area contributed by atoms with Crippen LogP contribution in [0.2, 0.25) is 8.87 Å². The number of thioether (sulfide) groups is 1. The van der Waals surface area contributed by atoms with Crippen molar-refractivity contribution in [1.29, 1.82) is 0 Å². The van der Waals surface area contributed by atoms with Gasteiger partial charge in [0.1, 0.15) is 0 Å². The SMILES string of the molecule is CCCCCCCCOC(=O)S[CH2][Sn+]([CH2]CCC)[CH2]CCC. The van der Waals surface area contributed by atoms with E-state index in [9.17, 15) is 4.79 Å². The van der Waals surface area contributed by atoms with Crippen LogP contribution in [-0.4, -0.2) is 35.4 Å². The minimum atomic E-state index is -1.31. The van der Waals surface area contributed by atoms with Crippen LogP contribution in [0.25, 0.3) is 0 Å². The fourth-order valence-corrected chi connectivity index (χ4v) is 14.0. The van der Waals surface area contributed by atoms with Gasteiger partial charge in [0.15, 0.2) is 0 Å². The molecular formula is C18H37O2SSn+. The first kappa shape index (κ1) is 22.6. The average molecular weight is 436 g/mol. The van der Waals surface area contributed by atoms with Crippen LogP contribution in [0.5, 0.6) is 0 Å². The summed E-state index contributed by atoms with van der Waals surface area (Å²) in [5, 5.41) is -0.0142.